The molecular weight excluding hydrogens is 404 g/mol. The van der Waals surface area contributed by atoms with Crippen molar-refractivity contribution in [2.45, 2.75) is 19.6 Å². The van der Waals surface area contributed by atoms with Crippen molar-refractivity contribution in [3.05, 3.63) is 58.2 Å². The molecule has 0 saturated heterocycles. The number of benzene rings is 1. The van der Waals surface area contributed by atoms with Crippen molar-refractivity contribution in [1.29, 1.82) is 0 Å². The van der Waals surface area contributed by atoms with E-state index in [0.717, 1.165) is 24.2 Å². The summed E-state index contributed by atoms with van der Waals surface area (Å²) in [5.74, 6) is -0.00320. The van der Waals surface area contributed by atoms with Crippen LogP contribution in [0.3, 0.4) is 0 Å². The average Bonchev–Trinajstić information content (AvgIpc) is 3.14. The van der Waals surface area contributed by atoms with Crippen LogP contribution in [0.5, 0.6) is 5.75 Å². The highest BCUT2D eigenvalue weighted by Gasteiger charge is 2.20. The summed E-state index contributed by atoms with van der Waals surface area (Å²) in [5, 5.41) is 7.63. The van der Waals surface area contributed by atoms with Gasteiger partial charge in [-0.15, -0.1) is 0 Å². The summed E-state index contributed by atoms with van der Waals surface area (Å²) in [5.41, 5.74) is 7.99. The van der Waals surface area contributed by atoms with Crippen molar-refractivity contribution in [2.75, 3.05) is 19.3 Å². The Morgan fingerprint density at radius 1 is 1.29 bits per heavy atom. The molecule has 0 aliphatic carbocycles. The molecule has 148 valence electrons. The normalized spacial score (nSPS) is 12.2. The Kier molecular flexibility index (Phi) is 6.39. The molecule has 3 aromatic rings. The molecule has 1 unspecified atom stereocenters. The third-order valence-electron chi connectivity index (χ3n) is 4.23. The lowest BCUT2D eigenvalue weighted by atomic mass is 10.1. The molecule has 3 N–H and O–H groups in total. The lowest BCUT2D eigenvalue weighted by Crippen LogP contribution is -2.14. The molecule has 28 heavy (non-hydrogen) atoms. The Morgan fingerprint density at radius 3 is 2.82 bits per heavy atom. The van der Waals surface area contributed by atoms with Gasteiger partial charge in [-0.1, -0.05) is 23.2 Å². The standard InChI is InChI=1S/C19H20Cl2FN5O/c1-11(17-14(20)3-4-15(22)18(17)21)28-16-7-12(8-25-19(16)23)13-9-26-27(10-13)6-5-24-2/h3-4,7-11,24H,5-6H2,1-2H3,(H2,23,25). The van der Waals surface area contributed by atoms with Crippen LogP contribution < -0.4 is 15.8 Å². The molecule has 1 aromatic carbocycles. The van der Waals surface area contributed by atoms with Crippen molar-refractivity contribution in [2.24, 2.45) is 0 Å². The highest BCUT2D eigenvalue weighted by Crippen LogP contribution is 2.36. The van der Waals surface area contributed by atoms with Gasteiger partial charge in [0.2, 0.25) is 0 Å². The first-order valence-electron chi connectivity index (χ1n) is 8.63. The quantitative estimate of drug-likeness (QED) is 0.552. The summed E-state index contributed by atoms with van der Waals surface area (Å²) in [6, 6.07) is 4.41. The summed E-state index contributed by atoms with van der Waals surface area (Å²) < 4.78 is 21.6. The van der Waals surface area contributed by atoms with E-state index in [1.807, 2.05) is 17.9 Å². The summed E-state index contributed by atoms with van der Waals surface area (Å²) in [7, 11) is 1.89. The Labute approximate surface area is 172 Å². The van der Waals surface area contributed by atoms with Gasteiger partial charge in [0.1, 0.15) is 11.9 Å². The minimum atomic E-state index is -0.631. The second-order valence-corrected chi connectivity index (χ2v) is 7.01. The Balaban J connectivity index is 1.86. The van der Waals surface area contributed by atoms with E-state index in [-0.39, 0.29) is 10.8 Å². The van der Waals surface area contributed by atoms with Gasteiger partial charge < -0.3 is 15.8 Å². The predicted octanol–water partition coefficient (Wildman–Crippen LogP) is 4.33. The maximum Gasteiger partial charge on any atom is 0.166 e. The van der Waals surface area contributed by atoms with Gasteiger partial charge in [0.25, 0.3) is 0 Å². The topological polar surface area (TPSA) is 78.0 Å². The number of pyridine rings is 1. The summed E-state index contributed by atoms with van der Waals surface area (Å²) in [6.45, 7) is 3.27. The molecule has 0 fully saturated rings. The van der Waals surface area contributed by atoms with E-state index in [1.165, 1.54) is 12.1 Å². The molecule has 3 rings (SSSR count). The second kappa shape index (κ2) is 8.77. The van der Waals surface area contributed by atoms with E-state index in [1.54, 1.807) is 25.4 Å². The first-order chi connectivity index (χ1) is 13.4. The third kappa shape index (κ3) is 4.38. The Hall–Kier alpha value is -2.35. The Morgan fingerprint density at radius 2 is 2.07 bits per heavy atom. The number of hydrogen-bond acceptors (Lipinski definition) is 5. The number of anilines is 1. The van der Waals surface area contributed by atoms with Gasteiger partial charge >= 0.3 is 0 Å². The van der Waals surface area contributed by atoms with E-state index in [4.69, 9.17) is 33.7 Å². The monoisotopic (exact) mass is 423 g/mol. The maximum atomic E-state index is 13.8. The number of rotatable bonds is 7. The number of aromatic nitrogens is 3. The molecule has 0 amide bonds. The number of nitrogens with one attached hydrogen (secondary N) is 1. The maximum absolute atomic E-state index is 13.8. The van der Waals surface area contributed by atoms with E-state index in [0.29, 0.717) is 16.3 Å². The molecule has 0 saturated carbocycles. The van der Waals surface area contributed by atoms with Gasteiger partial charge in [-0.3, -0.25) is 4.68 Å². The molecule has 0 aliphatic rings. The predicted molar refractivity (Wildman–Crippen MR) is 109 cm³/mol. The summed E-state index contributed by atoms with van der Waals surface area (Å²) in [6.07, 6.45) is 4.68. The van der Waals surface area contributed by atoms with Gasteiger partial charge in [0.15, 0.2) is 11.6 Å². The zero-order chi connectivity index (χ0) is 20.3. The molecular formula is C19H20Cl2FN5O. The summed E-state index contributed by atoms with van der Waals surface area (Å²) in [4.78, 5) is 4.20. The fourth-order valence-electron chi connectivity index (χ4n) is 2.73. The number of nitrogen functional groups attached to an aromatic ring is 1. The SMILES string of the molecule is CNCCn1cc(-c2cnc(N)c(OC(C)c3c(Cl)ccc(F)c3Cl)c2)cn1. The van der Waals surface area contributed by atoms with Gasteiger partial charge in [0.05, 0.1) is 17.8 Å². The highest BCUT2D eigenvalue weighted by molar-refractivity contribution is 6.36. The summed E-state index contributed by atoms with van der Waals surface area (Å²) >= 11 is 12.2. The van der Waals surface area contributed by atoms with Crippen LogP contribution >= 0.6 is 23.2 Å². The van der Waals surface area contributed by atoms with Crippen LogP contribution in [0, 0.1) is 5.82 Å². The van der Waals surface area contributed by atoms with Crippen LogP contribution in [-0.4, -0.2) is 28.4 Å². The van der Waals surface area contributed by atoms with Crippen LogP contribution in [0.15, 0.2) is 36.8 Å². The fraction of sp³-hybridized carbons (Fsp3) is 0.263. The highest BCUT2D eigenvalue weighted by atomic mass is 35.5. The van der Waals surface area contributed by atoms with Crippen molar-refractivity contribution < 1.29 is 9.13 Å². The van der Waals surface area contributed by atoms with Gasteiger partial charge in [-0.25, -0.2) is 9.37 Å². The molecule has 0 bridgehead atoms. The van der Waals surface area contributed by atoms with E-state index < -0.39 is 11.9 Å². The van der Waals surface area contributed by atoms with Gasteiger partial charge in [0, 0.05) is 40.7 Å². The number of hydrogen-bond donors (Lipinski definition) is 2. The largest absolute Gasteiger partial charge is 0.482 e. The molecule has 9 heteroatoms. The van der Waals surface area contributed by atoms with E-state index >= 15 is 0 Å². The number of nitrogens with two attached hydrogens (primary N) is 1. The number of nitrogens with zero attached hydrogens (tertiary/aromatic N) is 3. The molecule has 2 aromatic heterocycles. The van der Waals surface area contributed by atoms with Crippen LogP contribution in [-0.2, 0) is 6.54 Å². The first-order valence-corrected chi connectivity index (χ1v) is 9.39. The lowest BCUT2D eigenvalue weighted by Gasteiger charge is -2.19. The zero-order valence-electron chi connectivity index (χ0n) is 15.4. The molecule has 2 heterocycles. The third-order valence-corrected chi connectivity index (χ3v) is 4.94. The first kappa shape index (κ1) is 20.4. The number of likely N-dealkylation sites (N-methyl/N-ethyl adjacent to an activating group) is 1. The van der Waals surface area contributed by atoms with Crippen molar-refractivity contribution in [3.63, 3.8) is 0 Å². The van der Waals surface area contributed by atoms with Crippen LogP contribution in [0.4, 0.5) is 10.2 Å². The number of ether oxygens (including phenoxy) is 1. The lowest BCUT2D eigenvalue weighted by molar-refractivity contribution is 0.227. The zero-order valence-corrected chi connectivity index (χ0v) is 16.9. The van der Waals surface area contributed by atoms with Crippen molar-refractivity contribution in [3.8, 4) is 16.9 Å². The molecule has 6 nitrogen and oxygen atoms in total. The smallest absolute Gasteiger partial charge is 0.166 e. The van der Waals surface area contributed by atoms with E-state index in [9.17, 15) is 4.39 Å². The minimum Gasteiger partial charge on any atom is -0.482 e. The fourth-order valence-corrected chi connectivity index (χ4v) is 3.41. The molecule has 0 spiro atoms. The van der Waals surface area contributed by atoms with E-state index in [2.05, 4.69) is 15.4 Å². The van der Waals surface area contributed by atoms with Crippen LogP contribution in [0.1, 0.15) is 18.6 Å². The Bertz CT molecular complexity index is 979. The minimum absolute atomic E-state index is 0.0755. The molecule has 1 atom stereocenters. The number of halogens is 3. The van der Waals surface area contributed by atoms with Gasteiger partial charge in [-0.05, 0) is 32.2 Å². The van der Waals surface area contributed by atoms with Crippen LogP contribution in [0.25, 0.3) is 11.1 Å². The average molecular weight is 424 g/mol. The second-order valence-electron chi connectivity index (χ2n) is 6.22. The van der Waals surface area contributed by atoms with Gasteiger partial charge in [-0.2, -0.15) is 5.10 Å². The van der Waals surface area contributed by atoms with Crippen molar-refractivity contribution >= 4 is 29.0 Å². The molecule has 0 aliphatic heterocycles. The van der Waals surface area contributed by atoms with Crippen LogP contribution in [0.2, 0.25) is 10.0 Å². The molecule has 0 radical (unpaired) electrons. The van der Waals surface area contributed by atoms with Crippen molar-refractivity contribution in [1.82, 2.24) is 20.1 Å².